The van der Waals surface area contributed by atoms with E-state index in [1.54, 1.807) is 0 Å². The number of nitrogens with one attached hydrogen (secondary N) is 2. The molecule has 2 aromatic carbocycles. The number of hydrogen-bond donors (Lipinski definition) is 3. The molecule has 46 heavy (non-hydrogen) atoms. The summed E-state index contributed by atoms with van der Waals surface area (Å²) in [5.74, 6) is 0.437. The molecular formula is C42H74N2O2. The Morgan fingerprint density at radius 3 is 1.65 bits per heavy atom. The van der Waals surface area contributed by atoms with Gasteiger partial charge in [-0.15, -0.1) is 6.58 Å². The normalized spacial score (nSPS) is 8.96. The molecule has 0 unspecified atom stereocenters. The van der Waals surface area contributed by atoms with Crippen LogP contribution in [0.2, 0.25) is 0 Å². The van der Waals surface area contributed by atoms with Crippen LogP contribution in [0.4, 0.5) is 0 Å². The maximum atomic E-state index is 9.42. The molecule has 0 radical (unpaired) electrons. The van der Waals surface area contributed by atoms with Crippen LogP contribution in [0.5, 0.6) is 5.75 Å². The fraction of sp³-hybridized carbons (Fsp3) is 0.548. The average Bonchev–Trinajstić information content (AvgIpc) is 3.02. The van der Waals surface area contributed by atoms with Crippen molar-refractivity contribution in [1.82, 2.24) is 10.6 Å². The molecule has 0 aliphatic carbocycles. The fourth-order valence-electron chi connectivity index (χ4n) is 3.82. The minimum atomic E-state index is 0.437. The molecule has 0 aliphatic rings. The Morgan fingerprint density at radius 1 is 0.761 bits per heavy atom. The molecule has 3 N–H and O–H groups in total. The van der Waals surface area contributed by atoms with Gasteiger partial charge in [0, 0.05) is 24.5 Å². The number of rotatable bonds is 14. The van der Waals surface area contributed by atoms with Crippen LogP contribution in [0.3, 0.4) is 0 Å². The summed E-state index contributed by atoms with van der Waals surface area (Å²) < 4.78 is 0. The van der Waals surface area contributed by atoms with Gasteiger partial charge in [0.05, 0.1) is 0 Å². The lowest BCUT2D eigenvalue weighted by molar-refractivity contribution is -0.106. The number of phenolic OH excluding ortho intramolecular Hbond substituents is 1. The molecule has 0 fully saturated rings. The summed E-state index contributed by atoms with van der Waals surface area (Å²) in [5.41, 5.74) is 10.0. The van der Waals surface area contributed by atoms with E-state index in [1.807, 2.05) is 39.0 Å². The molecule has 0 amide bonds. The number of aryl methyl sites for hydroxylation is 5. The van der Waals surface area contributed by atoms with Crippen molar-refractivity contribution < 1.29 is 9.90 Å². The number of hydrogen-bond acceptors (Lipinski definition) is 4. The molecule has 4 nitrogen and oxygen atoms in total. The van der Waals surface area contributed by atoms with Crippen molar-refractivity contribution in [3.05, 3.63) is 101 Å². The largest absolute Gasteiger partial charge is 0.508 e. The third-order valence-corrected chi connectivity index (χ3v) is 6.46. The first-order chi connectivity index (χ1) is 21.9. The molecule has 2 aromatic rings. The number of carbonyl (C=O) groups is 1. The first-order valence-electron chi connectivity index (χ1n) is 17.6. The molecule has 264 valence electrons. The van der Waals surface area contributed by atoms with Gasteiger partial charge in [0.2, 0.25) is 0 Å². The number of benzene rings is 2. The number of phenols is 1. The SMILES string of the molecule is C=C(C)CCCCc1ccc(C)cc1C.C=C(CC)NCC.C=C(CC)NCCC.CC.CC=O.CCCc1ccc(C)cc1O. The second-order valence-corrected chi connectivity index (χ2v) is 11.1. The molecule has 0 heterocycles. The first kappa shape index (κ1) is 49.6. The van der Waals surface area contributed by atoms with E-state index in [1.165, 1.54) is 61.3 Å². The van der Waals surface area contributed by atoms with Crippen molar-refractivity contribution in [2.75, 3.05) is 13.1 Å². The third-order valence-electron chi connectivity index (χ3n) is 6.46. The lowest BCUT2D eigenvalue weighted by Crippen LogP contribution is -2.11. The molecule has 4 heteroatoms. The van der Waals surface area contributed by atoms with Crippen molar-refractivity contribution in [3.8, 4) is 5.75 Å². The van der Waals surface area contributed by atoms with Crippen LogP contribution in [0.25, 0.3) is 0 Å². The van der Waals surface area contributed by atoms with Gasteiger partial charge in [0.1, 0.15) is 12.0 Å². The Hall–Kier alpha value is -3.27. The number of allylic oxidation sites excluding steroid dienone is 3. The second kappa shape index (κ2) is 36.2. The van der Waals surface area contributed by atoms with E-state index in [9.17, 15) is 5.11 Å². The van der Waals surface area contributed by atoms with Crippen LogP contribution in [0.15, 0.2) is 73.1 Å². The molecule has 0 atom stereocenters. The highest BCUT2D eigenvalue weighted by Crippen LogP contribution is 2.19. The second-order valence-electron chi connectivity index (χ2n) is 11.1. The molecule has 0 bridgehead atoms. The van der Waals surface area contributed by atoms with Crippen LogP contribution < -0.4 is 10.6 Å². The van der Waals surface area contributed by atoms with Crippen LogP contribution >= 0.6 is 0 Å². The quantitative estimate of drug-likeness (QED) is 0.109. The molecule has 0 aromatic heterocycles. The van der Waals surface area contributed by atoms with Crippen LogP contribution in [-0.2, 0) is 17.6 Å². The molecule has 0 saturated carbocycles. The zero-order valence-corrected chi connectivity index (χ0v) is 32.3. The highest BCUT2D eigenvalue weighted by atomic mass is 16.3. The monoisotopic (exact) mass is 639 g/mol. The molecule has 0 spiro atoms. The Labute approximate surface area is 286 Å². The van der Waals surface area contributed by atoms with Gasteiger partial charge < -0.3 is 20.5 Å². The van der Waals surface area contributed by atoms with Gasteiger partial charge in [-0.3, -0.25) is 0 Å². The van der Waals surface area contributed by atoms with E-state index in [0.717, 1.165) is 67.6 Å². The zero-order valence-electron chi connectivity index (χ0n) is 32.3. The zero-order chi connectivity index (χ0) is 36.3. The van der Waals surface area contributed by atoms with Gasteiger partial charge in [0.25, 0.3) is 0 Å². The minimum absolute atomic E-state index is 0.437. The van der Waals surface area contributed by atoms with Crippen LogP contribution in [0.1, 0.15) is 135 Å². The highest BCUT2D eigenvalue weighted by Gasteiger charge is 1.99. The summed E-state index contributed by atoms with van der Waals surface area (Å²) >= 11 is 0. The molecule has 0 saturated heterocycles. The summed E-state index contributed by atoms with van der Waals surface area (Å²) in [6.45, 7) is 37.9. The summed E-state index contributed by atoms with van der Waals surface area (Å²) in [6, 6.07) is 12.6. The topological polar surface area (TPSA) is 61.4 Å². The standard InChI is InChI=1S/C15H22.C10H14O.C7H15N.C6H13N.C2H4O.C2H6/c1-12(2)7-5-6-8-15-10-9-13(3)11-14(15)4;1-3-4-9-6-5-8(2)7-10(9)11;1-4-6-8-7(3)5-2;1-4-6(3)7-5-2;1-2-3;1-2/h9-11H,1,5-8H2,2-4H3;5-7,11H,3-4H2,1-2H3;8H,3-6H2,1-2H3;7H,3-5H2,1-2H3;2H,1H3;1-2H3. The van der Waals surface area contributed by atoms with Crippen molar-refractivity contribution in [1.29, 1.82) is 0 Å². The maximum absolute atomic E-state index is 9.42. The van der Waals surface area contributed by atoms with E-state index in [0.29, 0.717) is 5.75 Å². The lowest BCUT2D eigenvalue weighted by Gasteiger charge is -2.06. The first-order valence-corrected chi connectivity index (χ1v) is 17.6. The van der Waals surface area contributed by atoms with Crippen LogP contribution in [0, 0.1) is 20.8 Å². The summed E-state index contributed by atoms with van der Waals surface area (Å²) in [6.07, 6.45) is 11.0. The Bertz CT molecular complexity index is 1040. The number of unbranched alkanes of at least 4 members (excludes halogenated alkanes) is 1. The highest BCUT2D eigenvalue weighted by molar-refractivity contribution is 5.44. The van der Waals surface area contributed by atoms with E-state index in [-0.39, 0.29) is 0 Å². The number of carbonyl (C=O) groups excluding carboxylic acids is 1. The Kier molecular flexibility index (Phi) is 39.0. The summed E-state index contributed by atoms with van der Waals surface area (Å²) in [5, 5.41) is 15.7. The van der Waals surface area contributed by atoms with Crippen molar-refractivity contribution in [2.24, 2.45) is 0 Å². The van der Waals surface area contributed by atoms with Crippen molar-refractivity contribution >= 4 is 6.29 Å². The third kappa shape index (κ3) is 33.6. The molecular weight excluding hydrogens is 564 g/mol. The average molecular weight is 639 g/mol. The van der Waals surface area contributed by atoms with Gasteiger partial charge in [-0.2, -0.15) is 0 Å². The predicted molar refractivity (Wildman–Crippen MR) is 209 cm³/mol. The van der Waals surface area contributed by atoms with Gasteiger partial charge in [-0.1, -0.05) is 103 Å². The number of aldehydes is 1. The van der Waals surface area contributed by atoms with Crippen LogP contribution in [-0.4, -0.2) is 24.5 Å². The molecule has 2 rings (SSSR count). The van der Waals surface area contributed by atoms with Gasteiger partial charge in [0.15, 0.2) is 0 Å². The summed E-state index contributed by atoms with van der Waals surface area (Å²) in [4.78, 5) is 8.81. The lowest BCUT2D eigenvalue weighted by atomic mass is 9.99. The van der Waals surface area contributed by atoms with Gasteiger partial charge in [-0.25, -0.2) is 0 Å². The van der Waals surface area contributed by atoms with Crippen molar-refractivity contribution in [2.45, 2.75) is 141 Å². The Balaban J connectivity index is -0.000000253. The van der Waals surface area contributed by atoms with Gasteiger partial charge >= 0.3 is 0 Å². The predicted octanol–water partition coefficient (Wildman–Crippen LogP) is 11.9. The van der Waals surface area contributed by atoms with E-state index >= 15 is 0 Å². The molecule has 0 aliphatic heterocycles. The summed E-state index contributed by atoms with van der Waals surface area (Å²) in [7, 11) is 0. The van der Waals surface area contributed by atoms with E-state index in [2.05, 4.69) is 104 Å². The maximum Gasteiger partial charge on any atom is 0.119 e. The smallest absolute Gasteiger partial charge is 0.119 e. The fourth-order valence-corrected chi connectivity index (χ4v) is 3.82. The number of aromatic hydroxyl groups is 1. The minimum Gasteiger partial charge on any atom is -0.508 e. The van der Waals surface area contributed by atoms with Gasteiger partial charge in [-0.05, 0) is 121 Å². The Morgan fingerprint density at radius 2 is 1.26 bits per heavy atom. The van der Waals surface area contributed by atoms with E-state index in [4.69, 9.17) is 4.79 Å². The van der Waals surface area contributed by atoms with E-state index < -0.39 is 0 Å². The van der Waals surface area contributed by atoms with Crippen molar-refractivity contribution in [3.63, 3.8) is 0 Å².